The van der Waals surface area contributed by atoms with Crippen molar-refractivity contribution in [3.63, 3.8) is 0 Å². The van der Waals surface area contributed by atoms with E-state index in [0.29, 0.717) is 4.88 Å². The lowest BCUT2D eigenvalue weighted by atomic mass is 10.3. The maximum absolute atomic E-state index is 12.4. The highest BCUT2D eigenvalue weighted by atomic mass is 32.1. The highest BCUT2D eigenvalue weighted by Crippen LogP contribution is 2.29. The van der Waals surface area contributed by atoms with E-state index >= 15 is 0 Å². The smallest absolute Gasteiger partial charge is 0.261 e. The van der Waals surface area contributed by atoms with E-state index in [-0.39, 0.29) is 11.9 Å². The average molecular weight is 329 g/mol. The van der Waals surface area contributed by atoms with Gasteiger partial charge < -0.3 is 14.7 Å². The van der Waals surface area contributed by atoms with Crippen molar-refractivity contribution in [1.29, 1.82) is 0 Å². The van der Waals surface area contributed by atoms with E-state index in [1.165, 1.54) is 11.3 Å². The zero-order valence-corrected chi connectivity index (χ0v) is 14.4. The maximum atomic E-state index is 12.4. The number of aromatic nitrogens is 2. The molecule has 1 amide bonds. The fourth-order valence-corrected chi connectivity index (χ4v) is 3.15. The number of nitrogens with one attached hydrogen (secondary N) is 2. The summed E-state index contributed by atoms with van der Waals surface area (Å²) in [7, 11) is 0. The SMILES string of the molecule is Cc1ccc(-c2ccc(C(=O)NC(C)c3nc(C)c(C)[nH]3)s2)o1. The maximum Gasteiger partial charge on any atom is 0.261 e. The molecular formula is C17H19N3O2S. The summed E-state index contributed by atoms with van der Waals surface area (Å²) >= 11 is 1.42. The zero-order chi connectivity index (χ0) is 16.6. The lowest BCUT2D eigenvalue weighted by Crippen LogP contribution is -2.26. The van der Waals surface area contributed by atoms with Crippen LogP contribution >= 0.6 is 11.3 Å². The van der Waals surface area contributed by atoms with Crippen molar-refractivity contribution in [2.24, 2.45) is 0 Å². The lowest BCUT2D eigenvalue weighted by Gasteiger charge is -2.10. The molecule has 3 heterocycles. The van der Waals surface area contributed by atoms with Gasteiger partial charge in [-0.05, 0) is 52.0 Å². The first-order valence-corrected chi connectivity index (χ1v) is 8.26. The third kappa shape index (κ3) is 3.22. The number of hydrogen-bond donors (Lipinski definition) is 2. The van der Waals surface area contributed by atoms with Crippen LogP contribution in [0.25, 0.3) is 10.6 Å². The Labute approximate surface area is 138 Å². The molecule has 0 aliphatic carbocycles. The molecule has 0 saturated carbocycles. The van der Waals surface area contributed by atoms with Crippen molar-refractivity contribution in [1.82, 2.24) is 15.3 Å². The van der Waals surface area contributed by atoms with Crippen molar-refractivity contribution in [2.45, 2.75) is 33.7 Å². The number of thiophene rings is 1. The molecule has 5 nitrogen and oxygen atoms in total. The van der Waals surface area contributed by atoms with Crippen molar-refractivity contribution in [3.05, 3.63) is 52.1 Å². The summed E-state index contributed by atoms with van der Waals surface area (Å²) in [5, 5.41) is 2.97. The third-order valence-corrected chi connectivity index (χ3v) is 4.82. The molecule has 3 aromatic rings. The molecule has 1 unspecified atom stereocenters. The first-order valence-electron chi connectivity index (χ1n) is 7.44. The van der Waals surface area contributed by atoms with Gasteiger partial charge in [0.05, 0.1) is 21.5 Å². The minimum absolute atomic E-state index is 0.108. The Morgan fingerprint density at radius 2 is 2.04 bits per heavy atom. The van der Waals surface area contributed by atoms with Gasteiger partial charge in [-0.25, -0.2) is 4.98 Å². The molecule has 120 valence electrons. The average Bonchev–Trinajstić information content (AvgIpc) is 3.20. The van der Waals surface area contributed by atoms with Crippen molar-refractivity contribution in [3.8, 4) is 10.6 Å². The van der Waals surface area contributed by atoms with Crippen molar-refractivity contribution < 1.29 is 9.21 Å². The molecule has 23 heavy (non-hydrogen) atoms. The predicted molar refractivity (Wildman–Crippen MR) is 90.7 cm³/mol. The quantitative estimate of drug-likeness (QED) is 0.755. The molecule has 3 aromatic heterocycles. The summed E-state index contributed by atoms with van der Waals surface area (Å²) in [6.07, 6.45) is 0. The normalized spacial score (nSPS) is 12.3. The van der Waals surface area contributed by atoms with Crippen LogP contribution in [-0.2, 0) is 0 Å². The van der Waals surface area contributed by atoms with Crippen LogP contribution in [0.1, 0.15) is 45.6 Å². The zero-order valence-electron chi connectivity index (χ0n) is 13.6. The van der Waals surface area contributed by atoms with E-state index in [9.17, 15) is 4.79 Å². The number of hydrogen-bond acceptors (Lipinski definition) is 4. The van der Waals surface area contributed by atoms with Crippen LogP contribution in [0.5, 0.6) is 0 Å². The van der Waals surface area contributed by atoms with Gasteiger partial charge in [-0.2, -0.15) is 0 Å². The van der Waals surface area contributed by atoms with Gasteiger partial charge in [0.2, 0.25) is 0 Å². The Hall–Kier alpha value is -2.34. The monoisotopic (exact) mass is 329 g/mol. The van der Waals surface area contributed by atoms with Gasteiger partial charge in [0.15, 0.2) is 0 Å². The molecule has 0 saturated heterocycles. The Kier molecular flexibility index (Phi) is 4.09. The van der Waals surface area contributed by atoms with E-state index in [0.717, 1.165) is 33.6 Å². The molecule has 0 aliphatic rings. The minimum Gasteiger partial charge on any atom is -0.461 e. The first kappa shape index (κ1) is 15.6. The Balaban J connectivity index is 1.72. The van der Waals surface area contributed by atoms with Gasteiger partial charge in [0, 0.05) is 5.69 Å². The Morgan fingerprint density at radius 3 is 2.65 bits per heavy atom. The van der Waals surface area contributed by atoms with E-state index in [2.05, 4.69) is 15.3 Å². The van der Waals surface area contributed by atoms with Gasteiger partial charge in [-0.1, -0.05) is 0 Å². The number of nitrogens with zero attached hydrogens (tertiary/aromatic N) is 1. The second-order valence-electron chi connectivity index (χ2n) is 5.60. The number of imidazole rings is 1. The van der Waals surface area contributed by atoms with Crippen LogP contribution in [0.2, 0.25) is 0 Å². The van der Waals surface area contributed by atoms with Gasteiger partial charge in [0.1, 0.15) is 17.3 Å². The van der Waals surface area contributed by atoms with Gasteiger partial charge in [0.25, 0.3) is 5.91 Å². The van der Waals surface area contributed by atoms with Crippen LogP contribution in [0.3, 0.4) is 0 Å². The predicted octanol–water partition coefficient (Wildman–Crippen LogP) is 4.15. The van der Waals surface area contributed by atoms with Crippen molar-refractivity contribution in [2.75, 3.05) is 0 Å². The summed E-state index contributed by atoms with van der Waals surface area (Å²) in [6.45, 7) is 7.73. The number of amides is 1. The van der Waals surface area contributed by atoms with E-state index in [1.54, 1.807) is 0 Å². The number of aryl methyl sites for hydroxylation is 3. The largest absolute Gasteiger partial charge is 0.461 e. The summed E-state index contributed by atoms with van der Waals surface area (Å²) in [4.78, 5) is 21.6. The molecule has 0 radical (unpaired) electrons. The summed E-state index contributed by atoms with van der Waals surface area (Å²) < 4.78 is 5.59. The second kappa shape index (κ2) is 6.04. The highest BCUT2D eigenvalue weighted by Gasteiger charge is 2.17. The van der Waals surface area contributed by atoms with Crippen molar-refractivity contribution >= 4 is 17.2 Å². The number of carbonyl (C=O) groups is 1. The van der Waals surface area contributed by atoms with E-state index in [1.807, 2.05) is 52.0 Å². The molecule has 1 atom stereocenters. The molecule has 3 rings (SSSR count). The van der Waals surface area contributed by atoms with E-state index in [4.69, 9.17) is 4.42 Å². The number of H-pyrrole nitrogens is 1. The fraction of sp³-hybridized carbons (Fsp3) is 0.294. The second-order valence-corrected chi connectivity index (χ2v) is 6.69. The Morgan fingerprint density at radius 1 is 1.26 bits per heavy atom. The number of furan rings is 1. The summed E-state index contributed by atoms with van der Waals surface area (Å²) in [5.41, 5.74) is 1.97. The van der Waals surface area contributed by atoms with Gasteiger partial charge in [-0.15, -0.1) is 11.3 Å². The molecule has 6 heteroatoms. The topological polar surface area (TPSA) is 70.9 Å². The number of rotatable bonds is 4. The van der Waals surface area contributed by atoms with Crippen LogP contribution in [0.4, 0.5) is 0 Å². The molecular weight excluding hydrogens is 310 g/mol. The fourth-order valence-electron chi connectivity index (χ4n) is 2.28. The summed E-state index contributed by atoms with van der Waals surface area (Å²) in [5.74, 6) is 2.31. The van der Waals surface area contributed by atoms with Gasteiger partial charge in [-0.3, -0.25) is 4.79 Å². The van der Waals surface area contributed by atoms with Crippen LogP contribution < -0.4 is 5.32 Å². The van der Waals surface area contributed by atoms with Crippen LogP contribution in [-0.4, -0.2) is 15.9 Å². The Bertz CT molecular complexity index is 824. The molecule has 0 spiro atoms. The molecule has 0 aromatic carbocycles. The molecule has 2 N–H and O–H groups in total. The molecule has 0 bridgehead atoms. The third-order valence-electron chi connectivity index (χ3n) is 3.72. The molecule has 0 fully saturated rings. The van der Waals surface area contributed by atoms with E-state index < -0.39 is 0 Å². The summed E-state index contributed by atoms with van der Waals surface area (Å²) in [6, 6.07) is 7.38. The minimum atomic E-state index is -0.175. The van der Waals surface area contributed by atoms with Crippen LogP contribution in [0, 0.1) is 20.8 Å². The van der Waals surface area contributed by atoms with Gasteiger partial charge >= 0.3 is 0 Å². The molecule has 0 aliphatic heterocycles. The standard InChI is InChI=1S/C17H19N3O2S/c1-9-5-6-13(22-9)14-7-8-15(23-14)17(21)20-12(4)16-18-10(2)11(3)19-16/h5-8,12H,1-4H3,(H,18,19)(H,20,21). The number of carbonyl (C=O) groups excluding carboxylic acids is 1. The number of aromatic amines is 1. The lowest BCUT2D eigenvalue weighted by molar-refractivity contribution is 0.0942. The highest BCUT2D eigenvalue weighted by molar-refractivity contribution is 7.17. The van der Waals surface area contributed by atoms with Crippen LogP contribution in [0.15, 0.2) is 28.7 Å². The first-order chi connectivity index (χ1) is 10.9.